The van der Waals surface area contributed by atoms with Crippen molar-refractivity contribution in [1.29, 1.82) is 0 Å². The van der Waals surface area contributed by atoms with Crippen molar-refractivity contribution in [3.05, 3.63) is 57.6 Å². The highest BCUT2D eigenvalue weighted by Crippen LogP contribution is 2.23. The van der Waals surface area contributed by atoms with Crippen LogP contribution in [0, 0.1) is 10.1 Å². The van der Waals surface area contributed by atoms with E-state index in [0.717, 1.165) is 21.9 Å². The standard InChI is InChI=1S/C17H19NO6/c1-12(17(20)23-7-2-8-24-18(21)22)14-5-6-15-9-13(11-19)3-4-16(15)10-14/h3-6,9-10,12,19H,2,7-8,11H2,1H3. The lowest BCUT2D eigenvalue weighted by molar-refractivity contribution is -0.757. The van der Waals surface area contributed by atoms with Crippen molar-refractivity contribution in [1.82, 2.24) is 0 Å². The van der Waals surface area contributed by atoms with Crippen LogP contribution in [0.15, 0.2) is 36.4 Å². The van der Waals surface area contributed by atoms with Crippen LogP contribution >= 0.6 is 0 Å². The minimum absolute atomic E-state index is 0.0133. The number of rotatable bonds is 8. The number of nitrogens with zero attached hydrogens (tertiary/aromatic N) is 1. The number of esters is 1. The van der Waals surface area contributed by atoms with E-state index >= 15 is 0 Å². The maximum Gasteiger partial charge on any atom is 0.313 e. The molecule has 2 aromatic carbocycles. The summed E-state index contributed by atoms with van der Waals surface area (Å²) in [4.78, 5) is 26.2. The van der Waals surface area contributed by atoms with Gasteiger partial charge in [-0.05, 0) is 34.9 Å². The summed E-state index contributed by atoms with van der Waals surface area (Å²) in [6.07, 6.45) is 0.265. The van der Waals surface area contributed by atoms with E-state index in [1.807, 2.05) is 36.4 Å². The molecule has 0 saturated heterocycles. The van der Waals surface area contributed by atoms with E-state index in [9.17, 15) is 14.9 Å². The Hall–Kier alpha value is -2.67. The summed E-state index contributed by atoms with van der Waals surface area (Å²) in [5.74, 6) is -0.828. The van der Waals surface area contributed by atoms with Crippen LogP contribution in [0.25, 0.3) is 10.8 Å². The average Bonchev–Trinajstić information content (AvgIpc) is 2.59. The first-order chi connectivity index (χ1) is 11.5. The Labute approximate surface area is 138 Å². The number of carbonyl (C=O) groups is 1. The maximum absolute atomic E-state index is 12.0. The highest BCUT2D eigenvalue weighted by molar-refractivity contribution is 5.86. The lowest BCUT2D eigenvalue weighted by Crippen LogP contribution is -2.15. The highest BCUT2D eigenvalue weighted by atomic mass is 16.9. The molecule has 0 fully saturated rings. The van der Waals surface area contributed by atoms with Crippen LogP contribution in [0.5, 0.6) is 0 Å². The van der Waals surface area contributed by atoms with Gasteiger partial charge in [0.25, 0.3) is 5.09 Å². The third-order valence-electron chi connectivity index (χ3n) is 3.69. The van der Waals surface area contributed by atoms with Crippen LogP contribution in [-0.2, 0) is 21.0 Å². The number of carbonyl (C=O) groups excluding carboxylic acids is 1. The van der Waals surface area contributed by atoms with Crippen LogP contribution in [0.3, 0.4) is 0 Å². The van der Waals surface area contributed by atoms with Gasteiger partial charge in [-0.2, -0.15) is 0 Å². The van der Waals surface area contributed by atoms with Crippen molar-refractivity contribution in [3.63, 3.8) is 0 Å². The Kier molecular flexibility index (Phi) is 6.08. The molecule has 2 rings (SSSR count). The molecular weight excluding hydrogens is 314 g/mol. The van der Waals surface area contributed by atoms with Crippen LogP contribution < -0.4 is 0 Å². The summed E-state index contributed by atoms with van der Waals surface area (Å²) >= 11 is 0. The fourth-order valence-electron chi connectivity index (χ4n) is 2.31. The zero-order chi connectivity index (χ0) is 17.5. The second-order valence-corrected chi connectivity index (χ2v) is 5.40. The monoisotopic (exact) mass is 333 g/mol. The van der Waals surface area contributed by atoms with Gasteiger partial charge in [0.15, 0.2) is 0 Å². The molecule has 0 radical (unpaired) electrons. The molecule has 7 heteroatoms. The predicted octanol–water partition coefficient (Wildman–Crippen LogP) is 2.58. The first kappa shape index (κ1) is 17.7. The molecule has 1 atom stereocenters. The van der Waals surface area contributed by atoms with Crippen molar-refractivity contribution in [2.24, 2.45) is 0 Å². The normalized spacial score (nSPS) is 11.9. The maximum atomic E-state index is 12.0. The lowest BCUT2D eigenvalue weighted by Gasteiger charge is -2.13. The number of hydrogen-bond acceptors (Lipinski definition) is 6. The van der Waals surface area contributed by atoms with Gasteiger partial charge in [-0.1, -0.05) is 30.3 Å². The fourth-order valence-corrected chi connectivity index (χ4v) is 2.31. The van der Waals surface area contributed by atoms with Crippen molar-refractivity contribution >= 4 is 16.7 Å². The van der Waals surface area contributed by atoms with Crippen LogP contribution in [-0.4, -0.2) is 29.4 Å². The van der Waals surface area contributed by atoms with Gasteiger partial charge < -0.3 is 14.7 Å². The number of hydrogen-bond donors (Lipinski definition) is 1. The van der Waals surface area contributed by atoms with Gasteiger partial charge in [0.1, 0.15) is 0 Å². The summed E-state index contributed by atoms with van der Waals surface area (Å²) in [6, 6.07) is 11.3. The molecule has 128 valence electrons. The van der Waals surface area contributed by atoms with E-state index < -0.39 is 11.0 Å². The zero-order valence-corrected chi connectivity index (χ0v) is 13.3. The van der Waals surface area contributed by atoms with E-state index in [4.69, 9.17) is 9.84 Å². The largest absolute Gasteiger partial charge is 0.465 e. The molecule has 7 nitrogen and oxygen atoms in total. The summed E-state index contributed by atoms with van der Waals surface area (Å²) < 4.78 is 5.11. The van der Waals surface area contributed by atoms with Crippen LogP contribution in [0.2, 0.25) is 0 Å². The van der Waals surface area contributed by atoms with Gasteiger partial charge in [-0.15, -0.1) is 10.1 Å². The van der Waals surface area contributed by atoms with Crippen molar-refractivity contribution < 1.29 is 24.6 Å². The second-order valence-electron chi connectivity index (χ2n) is 5.40. The average molecular weight is 333 g/mol. The second kappa shape index (κ2) is 8.26. The van der Waals surface area contributed by atoms with E-state index in [1.54, 1.807) is 6.92 Å². The number of fused-ring (bicyclic) bond motifs is 1. The minimum Gasteiger partial charge on any atom is -0.465 e. The van der Waals surface area contributed by atoms with Gasteiger partial charge in [0.05, 0.1) is 25.7 Å². The summed E-state index contributed by atoms with van der Waals surface area (Å²) in [5, 5.41) is 20.2. The molecular formula is C17H19NO6. The van der Waals surface area contributed by atoms with E-state index in [0.29, 0.717) is 0 Å². The molecule has 0 saturated carbocycles. The molecule has 2 aromatic rings. The Morgan fingerprint density at radius 3 is 2.62 bits per heavy atom. The Morgan fingerprint density at radius 2 is 1.92 bits per heavy atom. The summed E-state index contributed by atoms with van der Waals surface area (Å²) in [7, 11) is 0. The van der Waals surface area contributed by atoms with Gasteiger partial charge in [0.2, 0.25) is 0 Å². The van der Waals surface area contributed by atoms with Gasteiger partial charge in [-0.3, -0.25) is 4.79 Å². The molecule has 0 aliphatic heterocycles. The molecule has 0 aliphatic carbocycles. The molecule has 0 amide bonds. The highest BCUT2D eigenvalue weighted by Gasteiger charge is 2.17. The van der Waals surface area contributed by atoms with E-state index in [1.165, 1.54) is 0 Å². The van der Waals surface area contributed by atoms with Gasteiger partial charge in [0, 0.05) is 6.42 Å². The van der Waals surface area contributed by atoms with Crippen LogP contribution in [0.4, 0.5) is 0 Å². The Balaban J connectivity index is 1.95. The smallest absolute Gasteiger partial charge is 0.313 e. The van der Waals surface area contributed by atoms with Crippen molar-refractivity contribution in [3.8, 4) is 0 Å². The molecule has 0 heterocycles. The molecule has 1 N–H and O–H groups in total. The van der Waals surface area contributed by atoms with Gasteiger partial charge >= 0.3 is 5.97 Å². The van der Waals surface area contributed by atoms with E-state index in [2.05, 4.69) is 4.84 Å². The number of aliphatic hydroxyl groups excluding tert-OH is 1. The quantitative estimate of drug-likeness (QED) is 0.345. The zero-order valence-electron chi connectivity index (χ0n) is 13.3. The Bertz CT molecular complexity index is 730. The summed E-state index contributed by atoms with van der Waals surface area (Å²) in [5.41, 5.74) is 1.66. The topological polar surface area (TPSA) is 98.9 Å². The minimum atomic E-state index is -0.873. The van der Waals surface area contributed by atoms with E-state index in [-0.39, 0.29) is 32.2 Å². The molecule has 0 bridgehead atoms. The molecule has 0 aromatic heterocycles. The lowest BCUT2D eigenvalue weighted by atomic mass is 9.97. The SMILES string of the molecule is CC(C(=O)OCCCO[N+](=O)[O-])c1ccc2cc(CO)ccc2c1. The number of benzene rings is 2. The molecule has 24 heavy (non-hydrogen) atoms. The van der Waals surface area contributed by atoms with Crippen molar-refractivity contribution in [2.75, 3.05) is 13.2 Å². The third kappa shape index (κ3) is 4.66. The third-order valence-corrected chi connectivity index (χ3v) is 3.69. The molecule has 0 aliphatic rings. The fraction of sp³-hybridized carbons (Fsp3) is 0.353. The Morgan fingerprint density at radius 1 is 1.21 bits per heavy atom. The predicted molar refractivity (Wildman–Crippen MR) is 86.8 cm³/mol. The van der Waals surface area contributed by atoms with Gasteiger partial charge in [-0.25, -0.2) is 0 Å². The number of ether oxygens (including phenoxy) is 1. The summed E-state index contributed by atoms with van der Waals surface area (Å²) in [6.45, 7) is 1.71. The first-order valence-electron chi connectivity index (χ1n) is 7.58. The van der Waals surface area contributed by atoms with Crippen LogP contribution in [0.1, 0.15) is 30.4 Å². The molecule has 0 spiro atoms. The first-order valence-corrected chi connectivity index (χ1v) is 7.58. The molecule has 1 unspecified atom stereocenters. The van der Waals surface area contributed by atoms with Crippen molar-refractivity contribution in [2.45, 2.75) is 25.9 Å². The number of aliphatic hydroxyl groups is 1.